The number of nitrogens with zero attached hydrogens (tertiary/aromatic N) is 3. The Bertz CT molecular complexity index is 882. The van der Waals surface area contributed by atoms with E-state index in [1.54, 1.807) is 6.07 Å². The Balaban J connectivity index is 1.46. The van der Waals surface area contributed by atoms with E-state index in [0.717, 1.165) is 69.5 Å². The zero-order valence-electron chi connectivity index (χ0n) is 17.8. The molecule has 2 saturated heterocycles. The van der Waals surface area contributed by atoms with Gasteiger partial charge in [-0.1, -0.05) is 6.07 Å². The fourth-order valence-corrected chi connectivity index (χ4v) is 4.39. The number of anilines is 3. The Kier molecular flexibility index (Phi) is 7.77. The smallest absolute Gasteiger partial charge is 0.274 e. The van der Waals surface area contributed by atoms with Gasteiger partial charge in [0.25, 0.3) is 5.91 Å². The van der Waals surface area contributed by atoms with Crippen molar-refractivity contribution in [2.24, 2.45) is 0 Å². The standard InChI is InChI=1S/C23H30BrN5O2/c24-22-6-4-5-20(26-22)23(30)27-19-8-7-18(17-21(19)29-10-2-1-3-11-29)25-9-12-28-13-15-31-16-14-28/h4-8,17,25H,1-3,9-16H2,(H,27,30). The van der Waals surface area contributed by atoms with Gasteiger partial charge < -0.3 is 20.3 Å². The number of carbonyl (C=O) groups excluding carboxylic acids is 1. The maximum Gasteiger partial charge on any atom is 0.274 e. The summed E-state index contributed by atoms with van der Waals surface area (Å²) in [6.07, 6.45) is 3.61. The number of benzene rings is 1. The molecule has 0 aliphatic carbocycles. The van der Waals surface area contributed by atoms with Gasteiger partial charge in [-0.05, 0) is 65.5 Å². The Labute approximate surface area is 192 Å². The lowest BCUT2D eigenvalue weighted by Gasteiger charge is -2.31. The van der Waals surface area contributed by atoms with E-state index < -0.39 is 0 Å². The van der Waals surface area contributed by atoms with E-state index in [-0.39, 0.29) is 5.91 Å². The molecule has 8 heteroatoms. The maximum atomic E-state index is 12.8. The number of amides is 1. The van der Waals surface area contributed by atoms with Crippen LogP contribution in [0.4, 0.5) is 17.1 Å². The van der Waals surface area contributed by atoms with Gasteiger partial charge in [-0.3, -0.25) is 9.69 Å². The van der Waals surface area contributed by atoms with Gasteiger partial charge in [0.05, 0.1) is 24.6 Å². The molecule has 1 aromatic carbocycles. The average molecular weight is 488 g/mol. The van der Waals surface area contributed by atoms with Crippen LogP contribution < -0.4 is 15.5 Å². The number of aromatic nitrogens is 1. The molecule has 2 aromatic rings. The molecule has 0 atom stereocenters. The first kappa shape index (κ1) is 22.0. The van der Waals surface area contributed by atoms with Crippen LogP contribution in [0.15, 0.2) is 41.0 Å². The van der Waals surface area contributed by atoms with E-state index >= 15 is 0 Å². The van der Waals surface area contributed by atoms with Gasteiger partial charge >= 0.3 is 0 Å². The van der Waals surface area contributed by atoms with E-state index in [0.29, 0.717) is 10.3 Å². The minimum atomic E-state index is -0.201. The van der Waals surface area contributed by atoms with Crippen LogP contribution in [0.2, 0.25) is 0 Å². The highest BCUT2D eigenvalue weighted by molar-refractivity contribution is 9.10. The van der Waals surface area contributed by atoms with E-state index in [1.165, 1.54) is 19.3 Å². The SMILES string of the molecule is O=C(Nc1ccc(NCCN2CCOCC2)cc1N1CCCCC1)c1cccc(Br)n1. The van der Waals surface area contributed by atoms with Crippen molar-refractivity contribution in [2.75, 3.05) is 68.0 Å². The van der Waals surface area contributed by atoms with Crippen molar-refractivity contribution >= 4 is 38.9 Å². The monoisotopic (exact) mass is 487 g/mol. The molecule has 2 fully saturated rings. The zero-order chi connectivity index (χ0) is 21.5. The van der Waals surface area contributed by atoms with Crippen LogP contribution >= 0.6 is 15.9 Å². The van der Waals surface area contributed by atoms with Crippen molar-refractivity contribution in [3.8, 4) is 0 Å². The number of ether oxygens (including phenoxy) is 1. The van der Waals surface area contributed by atoms with Crippen LogP contribution in [0.3, 0.4) is 0 Å². The summed E-state index contributed by atoms with van der Waals surface area (Å²) >= 11 is 3.34. The summed E-state index contributed by atoms with van der Waals surface area (Å²) < 4.78 is 6.07. The number of rotatable bonds is 7. The number of hydrogen-bond acceptors (Lipinski definition) is 6. The third-order valence-corrected chi connectivity index (χ3v) is 6.19. The minimum absolute atomic E-state index is 0.201. The Morgan fingerprint density at radius 3 is 2.65 bits per heavy atom. The van der Waals surface area contributed by atoms with Crippen molar-refractivity contribution in [3.05, 3.63) is 46.7 Å². The van der Waals surface area contributed by atoms with Crippen LogP contribution in [0.1, 0.15) is 29.8 Å². The molecule has 0 bridgehead atoms. The van der Waals surface area contributed by atoms with E-state index in [2.05, 4.69) is 47.4 Å². The molecule has 2 aliphatic heterocycles. The van der Waals surface area contributed by atoms with Crippen LogP contribution in [0.25, 0.3) is 0 Å². The van der Waals surface area contributed by atoms with Gasteiger partial charge in [-0.2, -0.15) is 0 Å². The van der Waals surface area contributed by atoms with Crippen LogP contribution in [-0.4, -0.2) is 68.3 Å². The summed E-state index contributed by atoms with van der Waals surface area (Å²) in [5, 5.41) is 6.62. The quantitative estimate of drug-likeness (QED) is 0.578. The van der Waals surface area contributed by atoms with E-state index in [1.807, 2.05) is 24.3 Å². The van der Waals surface area contributed by atoms with Gasteiger partial charge in [-0.15, -0.1) is 0 Å². The zero-order valence-corrected chi connectivity index (χ0v) is 19.4. The number of nitrogens with one attached hydrogen (secondary N) is 2. The molecule has 7 nitrogen and oxygen atoms in total. The third kappa shape index (κ3) is 6.18. The Morgan fingerprint density at radius 2 is 1.87 bits per heavy atom. The first-order valence-electron chi connectivity index (χ1n) is 11.1. The molecule has 0 radical (unpaired) electrons. The fraction of sp³-hybridized carbons (Fsp3) is 0.478. The topological polar surface area (TPSA) is 69.7 Å². The van der Waals surface area contributed by atoms with Crippen molar-refractivity contribution < 1.29 is 9.53 Å². The predicted octanol–water partition coefficient (Wildman–Crippen LogP) is 3.83. The van der Waals surface area contributed by atoms with Crippen molar-refractivity contribution in [1.82, 2.24) is 9.88 Å². The summed E-state index contributed by atoms with van der Waals surface area (Å²) in [7, 11) is 0. The molecule has 166 valence electrons. The van der Waals surface area contributed by atoms with Gasteiger partial charge in [0, 0.05) is 45.0 Å². The molecule has 2 aliphatic rings. The molecule has 31 heavy (non-hydrogen) atoms. The number of hydrogen-bond donors (Lipinski definition) is 2. The molecule has 2 N–H and O–H groups in total. The molecule has 3 heterocycles. The summed E-state index contributed by atoms with van der Waals surface area (Å²) in [6, 6.07) is 11.6. The number of halogens is 1. The van der Waals surface area contributed by atoms with Crippen LogP contribution in [-0.2, 0) is 4.74 Å². The van der Waals surface area contributed by atoms with E-state index in [4.69, 9.17) is 4.74 Å². The molecule has 0 saturated carbocycles. The molecule has 0 unspecified atom stereocenters. The summed E-state index contributed by atoms with van der Waals surface area (Å²) in [4.78, 5) is 21.9. The van der Waals surface area contributed by atoms with Crippen molar-refractivity contribution in [2.45, 2.75) is 19.3 Å². The molecule has 4 rings (SSSR count). The second kappa shape index (κ2) is 10.9. The molecule has 1 amide bonds. The largest absolute Gasteiger partial charge is 0.384 e. The predicted molar refractivity (Wildman–Crippen MR) is 128 cm³/mol. The lowest BCUT2D eigenvalue weighted by molar-refractivity contribution is 0.0398. The second-order valence-corrected chi connectivity index (χ2v) is 8.77. The molecule has 1 aromatic heterocycles. The van der Waals surface area contributed by atoms with Crippen LogP contribution in [0, 0.1) is 0 Å². The van der Waals surface area contributed by atoms with Crippen molar-refractivity contribution in [3.63, 3.8) is 0 Å². The fourth-order valence-electron chi connectivity index (χ4n) is 4.05. The molecular weight excluding hydrogens is 458 g/mol. The summed E-state index contributed by atoms with van der Waals surface area (Å²) in [5.41, 5.74) is 3.37. The number of pyridine rings is 1. The Hall–Kier alpha value is -2.16. The number of piperidine rings is 1. The van der Waals surface area contributed by atoms with Gasteiger partial charge in [-0.25, -0.2) is 4.98 Å². The second-order valence-electron chi connectivity index (χ2n) is 7.96. The summed E-state index contributed by atoms with van der Waals surface area (Å²) in [6.45, 7) is 7.53. The van der Waals surface area contributed by atoms with Crippen LogP contribution in [0.5, 0.6) is 0 Å². The van der Waals surface area contributed by atoms with Gasteiger partial charge in [0.1, 0.15) is 10.3 Å². The lowest BCUT2D eigenvalue weighted by atomic mass is 10.1. The Morgan fingerprint density at radius 1 is 1.06 bits per heavy atom. The van der Waals surface area contributed by atoms with Gasteiger partial charge in [0.2, 0.25) is 0 Å². The highest BCUT2D eigenvalue weighted by atomic mass is 79.9. The number of morpholine rings is 1. The highest BCUT2D eigenvalue weighted by Crippen LogP contribution is 2.32. The average Bonchev–Trinajstić information content (AvgIpc) is 2.81. The third-order valence-electron chi connectivity index (χ3n) is 5.75. The van der Waals surface area contributed by atoms with Crippen molar-refractivity contribution in [1.29, 1.82) is 0 Å². The normalized spacial score (nSPS) is 17.4. The maximum absolute atomic E-state index is 12.8. The lowest BCUT2D eigenvalue weighted by Crippen LogP contribution is -2.39. The molecular formula is C23H30BrN5O2. The van der Waals surface area contributed by atoms with Gasteiger partial charge in [0.15, 0.2) is 0 Å². The van der Waals surface area contributed by atoms with E-state index in [9.17, 15) is 4.79 Å². The first-order valence-corrected chi connectivity index (χ1v) is 11.9. The highest BCUT2D eigenvalue weighted by Gasteiger charge is 2.18. The summed E-state index contributed by atoms with van der Waals surface area (Å²) in [5.74, 6) is -0.201. The molecule has 0 spiro atoms. The number of carbonyl (C=O) groups is 1. The first-order chi connectivity index (χ1) is 15.2. The minimum Gasteiger partial charge on any atom is -0.384 e.